The minimum absolute atomic E-state index is 0.352. The van der Waals surface area contributed by atoms with E-state index in [0.29, 0.717) is 11.3 Å². The van der Waals surface area contributed by atoms with E-state index in [1.54, 1.807) is 0 Å². The number of aromatic nitrogens is 1. The minimum Gasteiger partial charge on any atom is -0.319 e. The van der Waals surface area contributed by atoms with Crippen molar-refractivity contribution in [2.45, 2.75) is 31.2 Å². The Morgan fingerprint density at radius 3 is 2.37 bits per heavy atom. The predicted octanol–water partition coefficient (Wildman–Crippen LogP) is 3.82. The number of hydrogen-bond acceptors (Lipinski definition) is 3. The zero-order valence-electron chi connectivity index (χ0n) is 10.3. The fourth-order valence-corrected chi connectivity index (χ4v) is 3.56. The van der Waals surface area contributed by atoms with Gasteiger partial charge in [-0.25, -0.2) is 13.8 Å². The maximum atomic E-state index is 13.2. The number of nitrogens with two attached hydrogens (primary N) is 1. The summed E-state index contributed by atoms with van der Waals surface area (Å²) in [6.45, 7) is 0. The lowest BCUT2D eigenvalue weighted by Gasteiger charge is -2.19. The minimum atomic E-state index is -0.590. The Labute approximate surface area is 114 Å². The van der Waals surface area contributed by atoms with Gasteiger partial charge in [-0.2, -0.15) is 0 Å². The van der Waals surface area contributed by atoms with Crippen LogP contribution in [0.15, 0.2) is 23.6 Å². The van der Waals surface area contributed by atoms with Gasteiger partial charge in [-0.15, -0.1) is 11.3 Å². The van der Waals surface area contributed by atoms with Gasteiger partial charge in [-0.1, -0.05) is 12.8 Å². The molecule has 0 saturated heterocycles. The van der Waals surface area contributed by atoms with Crippen molar-refractivity contribution in [3.05, 3.63) is 40.2 Å². The Bertz CT molecular complexity index is 583. The van der Waals surface area contributed by atoms with Gasteiger partial charge in [0.1, 0.15) is 16.6 Å². The molecular weight excluding hydrogens is 266 g/mol. The van der Waals surface area contributed by atoms with Crippen LogP contribution in [0.25, 0.3) is 11.3 Å². The molecule has 1 aromatic heterocycles. The summed E-state index contributed by atoms with van der Waals surface area (Å²) in [7, 11) is 0. The molecule has 100 valence electrons. The second-order valence-corrected chi connectivity index (χ2v) is 5.92. The third kappa shape index (κ3) is 2.40. The van der Waals surface area contributed by atoms with Crippen LogP contribution in [0.2, 0.25) is 0 Å². The predicted molar refractivity (Wildman–Crippen MR) is 71.8 cm³/mol. The second-order valence-electron chi connectivity index (χ2n) is 5.06. The first-order valence-electron chi connectivity index (χ1n) is 6.28. The lowest BCUT2D eigenvalue weighted by Crippen LogP contribution is -2.32. The Morgan fingerprint density at radius 2 is 1.74 bits per heavy atom. The number of benzene rings is 1. The zero-order valence-corrected chi connectivity index (χ0v) is 11.1. The quantitative estimate of drug-likeness (QED) is 0.908. The highest BCUT2D eigenvalue weighted by Gasteiger charge is 2.34. The third-order valence-corrected chi connectivity index (χ3v) is 4.65. The van der Waals surface area contributed by atoms with Crippen molar-refractivity contribution in [3.63, 3.8) is 0 Å². The summed E-state index contributed by atoms with van der Waals surface area (Å²) >= 11 is 1.47. The van der Waals surface area contributed by atoms with E-state index < -0.39 is 11.6 Å². The van der Waals surface area contributed by atoms with E-state index in [4.69, 9.17) is 5.73 Å². The van der Waals surface area contributed by atoms with Gasteiger partial charge in [0, 0.05) is 17.0 Å². The summed E-state index contributed by atoms with van der Waals surface area (Å²) in [6.07, 6.45) is 4.08. The first-order chi connectivity index (χ1) is 9.07. The Balaban J connectivity index is 1.96. The van der Waals surface area contributed by atoms with E-state index in [9.17, 15) is 8.78 Å². The van der Waals surface area contributed by atoms with Crippen molar-refractivity contribution in [3.8, 4) is 11.3 Å². The van der Waals surface area contributed by atoms with E-state index in [0.717, 1.165) is 36.8 Å². The number of rotatable bonds is 2. The molecule has 0 atom stereocenters. The van der Waals surface area contributed by atoms with Crippen molar-refractivity contribution in [2.24, 2.45) is 5.73 Å². The molecule has 2 N–H and O–H groups in total. The van der Waals surface area contributed by atoms with Gasteiger partial charge < -0.3 is 5.73 Å². The largest absolute Gasteiger partial charge is 0.319 e. The summed E-state index contributed by atoms with van der Waals surface area (Å²) < 4.78 is 26.4. The number of hydrogen-bond donors (Lipinski definition) is 1. The van der Waals surface area contributed by atoms with E-state index >= 15 is 0 Å². The highest BCUT2D eigenvalue weighted by atomic mass is 32.1. The molecule has 1 fully saturated rings. The van der Waals surface area contributed by atoms with Gasteiger partial charge in [0.25, 0.3) is 0 Å². The molecule has 2 aromatic rings. The highest BCUT2D eigenvalue weighted by molar-refractivity contribution is 7.10. The lowest BCUT2D eigenvalue weighted by molar-refractivity contribution is 0.459. The molecule has 0 radical (unpaired) electrons. The second kappa shape index (κ2) is 4.65. The molecule has 0 spiro atoms. The van der Waals surface area contributed by atoms with Crippen molar-refractivity contribution in [1.29, 1.82) is 0 Å². The average Bonchev–Trinajstić information content (AvgIpc) is 2.96. The normalized spacial score (nSPS) is 17.8. The molecule has 1 saturated carbocycles. The lowest BCUT2D eigenvalue weighted by atomic mass is 10.0. The van der Waals surface area contributed by atoms with Gasteiger partial charge >= 0.3 is 0 Å². The summed E-state index contributed by atoms with van der Waals surface area (Å²) in [5, 5.41) is 2.68. The summed E-state index contributed by atoms with van der Waals surface area (Å²) in [5.41, 5.74) is 7.03. The fourth-order valence-electron chi connectivity index (χ4n) is 2.56. The molecule has 1 aliphatic carbocycles. The van der Waals surface area contributed by atoms with Gasteiger partial charge in [0.15, 0.2) is 0 Å². The molecule has 2 nitrogen and oxygen atoms in total. The first kappa shape index (κ1) is 12.7. The Kier molecular flexibility index (Phi) is 3.11. The number of nitrogens with zero attached hydrogens (tertiary/aromatic N) is 1. The van der Waals surface area contributed by atoms with Crippen molar-refractivity contribution < 1.29 is 8.78 Å². The Morgan fingerprint density at radius 1 is 1.11 bits per heavy atom. The molecule has 0 aliphatic heterocycles. The van der Waals surface area contributed by atoms with Gasteiger partial charge in [-0.3, -0.25) is 0 Å². The van der Waals surface area contributed by atoms with E-state index in [2.05, 4.69) is 4.98 Å². The molecule has 1 aromatic carbocycles. The van der Waals surface area contributed by atoms with Crippen molar-refractivity contribution >= 4 is 11.3 Å². The van der Waals surface area contributed by atoms with E-state index in [1.165, 1.54) is 23.5 Å². The van der Waals surface area contributed by atoms with Crippen molar-refractivity contribution in [1.82, 2.24) is 4.98 Å². The monoisotopic (exact) mass is 280 g/mol. The summed E-state index contributed by atoms with van der Waals surface area (Å²) in [5.74, 6) is -1.18. The molecule has 0 amide bonds. The van der Waals surface area contributed by atoms with Crippen LogP contribution >= 0.6 is 11.3 Å². The molecule has 0 bridgehead atoms. The van der Waals surface area contributed by atoms with Gasteiger partial charge in [0.2, 0.25) is 0 Å². The maximum Gasteiger partial charge on any atom is 0.126 e. The van der Waals surface area contributed by atoms with Crippen LogP contribution in [0, 0.1) is 11.6 Å². The van der Waals surface area contributed by atoms with Crippen LogP contribution in [0.3, 0.4) is 0 Å². The van der Waals surface area contributed by atoms with Crippen LogP contribution in [0.5, 0.6) is 0 Å². The zero-order chi connectivity index (χ0) is 13.5. The van der Waals surface area contributed by atoms with E-state index in [-0.39, 0.29) is 5.54 Å². The van der Waals surface area contributed by atoms with E-state index in [1.807, 2.05) is 5.38 Å². The topological polar surface area (TPSA) is 38.9 Å². The summed E-state index contributed by atoms with van der Waals surface area (Å²) in [4.78, 5) is 4.48. The molecule has 5 heteroatoms. The van der Waals surface area contributed by atoms with Gasteiger partial charge in [0.05, 0.1) is 11.2 Å². The van der Waals surface area contributed by atoms with Crippen LogP contribution in [-0.4, -0.2) is 4.98 Å². The van der Waals surface area contributed by atoms with Crippen LogP contribution in [-0.2, 0) is 5.54 Å². The number of halogens is 2. The maximum absolute atomic E-state index is 13.2. The first-order valence-corrected chi connectivity index (χ1v) is 7.16. The summed E-state index contributed by atoms with van der Waals surface area (Å²) in [6, 6.07) is 3.44. The fraction of sp³-hybridized carbons (Fsp3) is 0.357. The molecule has 1 heterocycles. The Hall–Kier alpha value is -1.33. The van der Waals surface area contributed by atoms with Gasteiger partial charge in [-0.05, 0) is 25.0 Å². The smallest absolute Gasteiger partial charge is 0.126 e. The van der Waals surface area contributed by atoms with Crippen LogP contribution in [0.4, 0.5) is 8.78 Å². The molecule has 0 unspecified atom stereocenters. The SMILES string of the molecule is NC1(c2nc(-c3cc(F)cc(F)c3)cs2)CCCC1. The number of thiazole rings is 1. The standard InChI is InChI=1S/C14H14F2N2S/c15-10-5-9(6-11(16)7-10)12-8-19-13(18-12)14(17)3-1-2-4-14/h5-8H,1-4,17H2. The molecular formula is C14H14F2N2S. The molecule has 3 rings (SSSR count). The van der Waals surface area contributed by atoms with Crippen molar-refractivity contribution in [2.75, 3.05) is 0 Å². The van der Waals surface area contributed by atoms with Crippen LogP contribution < -0.4 is 5.73 Å². The third-order valence-electron chi connectivity index (χ3n) is 3.58. The highest BCUT2D eigenvalue weighted by Crippen LogP contribution is 2.39. The average molecular weight is 280 g/mol. The molecule has 19 heavy (non-hydrogen) atoms. The van der Waals surface area contributed by atoms with Crippen LogP contribution in [0.1, 0.15) is 30.7 Å². The molecule has 1 aliphatic rings.